The maximum absolute atomic E-state index is 5.90. The molecule has 0 aliphatic carbocycles. The van der Waals surface area contributed by atoms with E-state index in [-0.39, 0.29) is 0 Å². The van der Waals surface area contributed by atoms with Gasteiger partial charge in [0.25, 0.3) is 0 Å². The molecule has 3 unspecified atom stereocenters. The number of hydrogen-bond acceptors (Lipinski definition) is 2. The fourth-order valence-electron chi connectivity index (χ4n) is 2.02. The molecule has 0 spiro atoms. The number of ether oxygens (including phenoxy) is 2. The van der Waals surface area contributed by atoms with Crippen molar-refractivity contribution in [3.8, 4) is 0 Å². The Hall–Kier alpha value is 0.210. The number of halogens is 1. The Balaban J connectivity index is 2.43. The Morgan fingerprint density at radius 1 is 1.62 bits per heavy atom. The van der Waals surface area contributed by atoms with Gasteiger partial charge in [0, 0.05) is 25.5 Å². The minimum absolute atomic E-state index is 0.297. The van der Waals surface area contributed by atoms with Crippen molar-refractivity contribution < 1.29 is 9.47 Å². The molecule has 1 aliphatic heterocycles. The van der Waals surface area contributed by atoms with Crippen LogP contribution in [0.5, 0.6) is 0 Å². The van der Waals surface area contributed by atoms with Crippen molar-refractivity contribution in [2.75, 3.05) is 26.2 Å². The van der Waals surface area contributed by atoms with Crippen molar-refractivity contribution in [3.05, 3.63) is 0 Å². The fraction of sp³-hybridized carbons (Fsp3) is 1.00. The molecule has 0 amide bonds. The molecule has 2 nitrogen and oxygen atoms in total. The molecular weight excluding hydrogens is 188 g/mol. The van der Waals surface area contributed by atoms with Gasteiger partial charge in [-0.3, -0.25) is 0 Å². The minimum Gasteiger partial charge on any atom is -0.384 e. The Kier molecular flexibility index (Phi) is 5.07. The zero-order valence-corrected chi connectivity index (χ0v) is 9.22. The van der Waals surface area contributed by atoms with Crippen LogP contribution in [0.1, 0.15) is 19.8 Å². The van der Waals surface area contributed by atoms with E-state index in [0.717, 1.165) is 19.6 Å². The molecule has 1 rings (SSSR count). The van der Waals surface area contributed by atoms with E-state index in [1.165, 1.54) is 6.42 Å². The van der Waals surface area contributed by atoms with Gasteiger partial charge in [0.05, 0.1) is 12.7 Å². The average Bonchev–Trinajstić information content (AvgIpc) is 2.18. The van der Waals surface area contributed by atoms with Crippen molar-refractivity contribution in [2.45, 2.75) is 25.9 Å². The van der Waals surface area contributed by atoms with Gasteiger partial charge in [-0.1, -0.05) is 6.92 Å². The van der Waals surface area contributed by atoms with Crippen LogP contribution < -0.4 is 0 Å². The second kappa shape index (κ2) is 5.84. The summed E-state index contributed by atoms with van der Waals surface area (Å²) in [5.41, 5.74) is 0. The first-order chi connectivity index (χ1) is 6.29. The van der Waals surface area contributed by atoms with Crippen LogP contribution >= 0.6 is 11.6 Å². The highest BCUT2D eigenvalue weighted by molar-refractivity contribution is 6.18. The minimum atomic E-state index is 0.297. The van der Waals surface area contributed by atoms with Crippen molar-refractivity contribution in [3.63, 3.8) is 0 Å². The monoisotopic (exact) mass is 206 g/mol. The molecule has 0 N–H and O–H groups in total. The second-order valence-electron chi connectivity index (χ2n) is 3.82. The highest BCUT2D eigenvalue weighted by Gasteiger charge is 2.29. The molecular formula is C10H19ClO2. The number of rotatable bonds is 4. The lowest BCUT2D eigenvalue weighted by molar-refractivity contribution is -0.0651. The Bertz CT molecular complexity index is 141. The van der Waals surface area contributed by atoms with Crippen LogP contribution in [0.2, 0.25) is 0 Å². The SMILES string of the molecule is COCC(C)C1OCCCC1CCl. The summed E-state index contributed by atoms with van der Waals surface area (Å²) in [6.07, 6.45) is 2.64. The molecule has 78 valence electrons. The molecule has 0 bridgehead atoms. The lowest BCUT2D eigenvalue weighted by Gasteiger charge is -2.34. The summed E-state index contributed by atoms with van der Waals surface area (Å²) in [5, 5.41) is 0. The lowest BCUT2D eigenvalue weighted by Crippen LogP contribution is -2.37. The summed E-state index contributed by atoms with van der Waals surface area (Å²) < 4.78 is 10.9. The van der Waals surface area contributed by atoms with E-state index in [1.54, 1.807) is 7.11 Å². The van der Waals surface area contributed by atoms with Gasteiger partial charge >= 0.3 is 0 Å². The first kappa shape index (κ1) is 11.3. The summed E-state index contributed by atoms with van der Waals surface area (Å²) in [6, 6.07) is 0. The topological polar surface area (TPSA) is 18.5 Å². The third-order valence-corrected chi connectivity index (χ3v) is 3.08. The van der Waals surface area contributed by atoms with Gasteiger partial charge in [0.2, 0.25) is 0 Å². The standard InChI is InChI=1S/C10H19ClO2/c1-8(7-12-2)10-9(6-11)4-3-5-13-10/h8-10H,3-7H2,1-2H3. The normalized spacial score (nSPS) is 31.6. The zero-order chi connectivity index (χ0) is 9.68. The Morgan fingerprint density at radius 3 is 3.00 bits per heavy atom. The molecule has 0 aromatic rings. The quantitative estimate of drug-likeness (QED) is 0.658. The van der Waals surface area contributed by atoms with E-state index in [9.17, 15) is 0 Å². The maximum atomic E-state index is 5.90. The zero-order valence-electron chi connectivity index (χ0n) is 8.46. The van der Waals surface area contributed by atoms with Crippen LogP contribution in [-0.2, 0) is 9.47 Å². The van der Waals surface area contributed by atoms with Gasteiger partial charge in [0.1, 0.15) is 0 Å². The average molecular weight is 207 g/mol. The van der Waals surface area contributed by atoms with E-state index >= 15 is 0 Å². The van der Waals surface area contributed by atoms with E-state index in [2.05, 4.69) is 6.92 Å². The first-order valence-electron chi connectivity index (χ1n) is 4.96. The highest BCUT2D eigenvalue weighted by Crippen LogP contribution is 2.27. The Morgan fingerprint density at radius 2 is 2.38 bits per heavy atom. The first-order valence-corrected chi connectivity index (χ1v) is 5.49. The number of methoxy groups -OCH3 is 1. The van der Waals surface area contributed by atoms with Gasteiger partial charge in [-0.05, 0) is 18.8 Å². The third-order valence-electron chi connectivity index (χ3n) is 2.68. The molecule has 3 atom stereocenters. The van der Waals surface area contributed by atoms with Crippen LogP contribution in [0.25, 0.3) is 0 Å². The molecule has 0 saturated carbocycles. The number of alkyl halides is 1. The van der Waals surface area contributed by atoms with Gasteiger partial charge < -0.3 is 9.47 Å². The van der Waals surface area contributed by atoms with Gasteiger partial charge in [0.15, 0.2) is 0 Å². The molecule has 0 aromatic heterocycles. The molecule has 1 saturated heterocycles. The smallest absolute Gasteiger partial charge is 0.0662 e. The van der Waals surface area contributed by atoms with E-state index < -0.39 is 0 Å². The molecule has 1 aliphatic rings. The molecule has 1 heterocycles. The lowest BCUT2D eigenvalue weighted by atomic mass is 9.88. The van der Waals surface area contributed by atoms with Crippen molar-refractivity contribution in [1.29, 1.82) is 0 Å². The summed E-state index contributed by atoms with van der Waals surface area (Å²) in [6.45, 7) is 3.81. The fourth-order valence-corrected chi connectivity index (χ4v) is 2.35. The predicted molar refractivity (Wildman–Crippen MR) is 54.2 cm³/mol. The summed E-state index contributed by atoms with van der Waals surface area (Å²) in [4.78, 5) is 0. The number of hydrogen-bond donors (Lipinski definition) is 0. The highest BCUT2D eigenvalue weighted by atomic mass is 35.5. The summed E-state index contributed by atoms with van der Waals surface area (Å²) >= 11 is 5.90. The predicted octanol–water partition coefficient (Wildman–Crippen LogP) is 2.30. The van der Waals surface area contributed by atoms with Crippen LogP contribution in [0.15, 0.2) is 0 Å². The van der Waals surface area contributed by atoms with Crippen LogP contribution in [0, 0.1) is 11.8 Å². The maximum Gasteiger partial charge on any atom is 0.0662 e. The van der Waals surface area contributed by atoms with Crippen LogP contribution in [0.4, 0.5) is 0 Å². The van der Waals surface area contributed by atoms with E-state index in [4.69, 9.17) is 21.1 Å². The van der Waals surface area contributed by atoms with E-state index in [1.807, 2.05) is 0 Å². The third kappa shape index (κ3) is 3.12. The van der Waals surface area contributed by atoms with Crippen molar-refractivity contribution in [1.82, 2.24) is 0 Å². The summed E-state index contributed by atoms with van der Waals surface area (Å²) in [7, 11) is 1.73. The van der Waals surface area contributed by atoms with Crippen LogP contribution in [-0.4, -0.2) is 32.3 Å². The van der Waals surface area contributed by atoms with E-state index in [0.29, 0.717) is 23.8 Å². The molecule has 0 radical (unpaired) electrons. The largest absolute Gasteiger partial charge is 0.384 e. The molecule has 13 heavy (non-hydrogen) atoms. The Labute approximate surface area is 85.5 Å². The second-order valence-corrected chi connectivity index (χ2v) is 4.13. The van der Waals surface area contributed by atoms with Crippen molar-refractivity contribution >= 4 is 11.6 Å². The van der Waals surface area contributed by atoms with Gasteiger partial charge in [-0.25, -0.2) is 0 Å². The molecule has 0 aromatic carbocycles. The van der Waals surface area contributed by atoms with Crippen LogP contribution in [0.3, 0.4) is 0 Å². The van der Waals surface area contributed by atoms with Gasteiger partial charge in [-0.2, -0.15) is 0 Å². The van der Waals surface area contributed by atoms with Gasteiger partial charge in [-0.15, -0.1) is 11.6 Å². The van der Waals surface area contributed by atoms with Crippen molar-refractivity contribution in [2.24, 2.45) is 11.8 Å². The molecule has 3 heteroatoms. The molecule has 1 fully saturated rings. The summed E-state index contributed by atoms with van der Waals surface area (Å²) in [5.74, 6) is 1.67.